The smallest absolute Gasteiger partial charge is 0.365 e. The number of phenolic OH excluding ortho intramolecular Hbond substituents is 6. The molecular formula is C44H63N3O16. The van der Waals surface area contributed by atoms with Crippen molar-refractivity contribution in [3.05, 3.63) is 71.3 Å². The minimum Gasteiger partial charge on any atom is -0.504 e. The van der Waals surface area contributed by atoms with E-state index in [4.69, 9.17) is 31.3 Å². The van der Waals surface area contributed by atoms with E-state index in [1.54, 1.807) is 0 Å². The molecule has 0 aliphatic carbocycles. The lowest BCUT2D eigenvalue weighted by Gasteiger charge is -2.17. The van der Waals surface area contributed by atoms with Crippen LogP contribution in [0.25, 0.3) is 0 Å². The number of amides is 3. The molecular weight excluding hydrogens is 826 g/mol. The lowest BCUT2D eigenvalue weighted by Crippen LogP contribution is -2.34. The number of nitrogens with one attached hydrogen (secondary N) is 1. The first-order chi connectivity index (χ1) is 29.8. The molecule has 0 bridgehead atoms. The molecule has 5 unspecified atom stereocenters. The van der Waals surface area contributed by atoms with Gasteiger partial charge in [0.25, 0.3) is 17.7 Å². The third-order valence-electron chi connectivity index (χ3n) is 9.82. The zero-order valence-corrected chi connectivity index (χ0v) is 36.0. The fraction of sp³-hybridized carbons (Fsp3) is 0.477. The van der Waals surface area contributed by atoms with Crippen LogP contribution in [-0.4, -0.2) is 98.9 Å². The molecule has 0 spiro atoms. The maximum atomic E-state index is 11.9. The predicted octanol–water partition coefficient (Wildman–Crippen LogP) is 4.58. The predicted molar refractivity (Wildman–Crippen MR) is 228 cm³/mol. The Morgan fingerprint density at radius 3 is 1.40 bits per heavy atom. The van der Waals surface area contributed by atoms with Gasteiger partial charge in [-0.1, -0.05) is 84.4 Å². The number of carbonyl (C=O) groups excluding carboxylic acids is 4. The summed E-state index contributed by atoms with van der Waals surface area (Å²) in [6, 6.07) is 10.4. The van der Waals surface area contributed by atoms with Crippen LogP contribution in [0.4, 0.5) is 0 Å². The van der Waals surface area contributed by atoms with E-state index in [2.05, 4.69) is 37.8 Å². The first-order valence-corrected chi connectivity index (χ1v) is 20.6. The minimum absolute atomic E-state index is 0.0165. The number of phenols is 6. The van der Waals surface area contributed by atoms with Gasteiger partial charge in [0.1, 0.15) is 0 Å². The molecule has 5 atom stereocenters. The summed E-state index contributed by atoms with van der Waals surface area (Å²) in [6.07, 6.45) is 4.56. The molecule has 0 aromatic heterocycles. The topological polar surface area (TPSA) is 338 Å². The van der Waals surface area contributed by atoms with E-state index in [0.717, 1.165) is 62.4 Å². The summed E-state index contributed by atoms with van der Waals surface area (Å²) in [7, 11) is 0. The van der Waals surface area contributed by atoms with Gasteiger partial charge in [0, 0.05) is 19.4 Å². The highest BCUT2D eigenvalue weighted by Gasteiger charge is 2.35. The number of carbonyl (C=O) groups is 5. The molecule has 1 heterocycles. The monoisotopic (exact) mass is 889 g/mol. The van der Waals surface area contributed by atoms with Crippen molar-refractivity contribution >= 4 is 29.7 Å². The summed E-state index contributed by atoms with van der Waals surface area (Å²) in [6.45, 7) is 10.1. The molecule has 3 aromatic rings. The van der Waals surface area contributed by atoms with Crippen LogP contribution >= 0.6 is 0 Å². The molecule has 19 heteroatoms. The molecule has 3 amide bonds. The van der Waals surface area contributed by atoms with Crippen LogP contribution < -0.4 is 11.1 Å². The summed E-state index contributed by atoms with van der Waals surface area (Å²) in [5.74, 6) is -5.67. The van der Waals surface area contributed by atoms with Crippen LogP contribution in [-0.2, 0) is 28.8 Å². The summed E-state index contributed by atoms with van der Waals surface area (Å²) >= 11 is 0. The average Bonchev–Trinajstić information content (AvgIpc) is 3.58. The molecule has 1 aliphatic heterocycles. The highest BCUT2D eigenvalue weighted by atomic mass is 16.7. The molecule has 1 fully saturated rings. The Morgan fingerprint density at radius 2 is 1.03 bits per heavy atom. The van der Waals surface area contributed by atoms with Gasteiger partial charge in [-0.2, -0.15) is 0 Å². The van der Waals surface area contributed by atoms with Crippen LogP contribution in [0.1, 0.15) is 127 Å². The van der Waals surface area contributed by atoms with E-state index in [1.807, 2.05) is 0 Å². The Bertz CT molecular complexity index is 1910. The van der Waals surface area contributed by atoms with E-state index >= 15 is 0 Å². The number of aliphatic hydroxyl groups excluding tert-OH is 3. The lowest BCUT2D eigenvalue weighted by atomic mass is 9.99. The number of aliphatic carboxylic acids is 1. The minimum atomic E-state index is -1.80. The number of carboxylic acids is 1. The number of hydrogen-bond donors (Lipinski definition) is 12. The number of carboxylic acid groups (broad SMARTS) is 1. The first-order valence-electron chi connectivity index (χ1n) is 20.6. The first kappa shape index (κ1) is 54.9. The van der Waals surface area contributed by atoms with Crippen LogP contribution in [0.3, 0.4) is 0 Å². The fourth-order valence-electron chi connectivity index (χ4n) is 5.63. The van der Waals surface area contributed by atoms with E-state index < -0.39 is 65.2 Å². The summed E-state index contributed by atoms with van der Waals surface area (Å²) in [5.41, 5.74) is 5.74. The van der Waals surface area contributed by atoms with Gasteiger partial charge in [-0.05, 0) is 84.3 Å². The quantitative estimate of drug-likeness (QED) is 0.0614. The van der Waals surface area contributed by atoms with Gasteiger partial charge in [0.15, 0.2) is 52.8 Å². The molecule has 0 saturated carbocycles. The van der Waals surface area contributed by atoms with E-state index in [0.29, 0.717) is 17.5 Å². The third-order valence-corrected chi connectivity index (χ3v) is 9.82. The van der Waals surface area contributed by atoms with Crippen LogP contribution in [0.15, 0.2) is 54.6 Å². The lowest BCUT2D eigenvalue weighted by molar-refractivity contribution is -0.203. The Kier molecular flexibility index (Phi) is 24.8. The van der Waals surface area contributed by atoms with Crippen molar-refractivity contribution in [3.63, 3.8) is 0 Å². The Balaban J connectivity index is 0.000000440. The Morgan fingerprint density at radius 1 is 0.635 bits per heavy atom. The van der Waals surface area contributed by atoms with E-state index in [1.165, 1.54) is 56.0 Å². The average molecular weight is 890 g/mol. The summed E-state index contributed by atoms with van der Waals surface area (Å²) < 4.78 is 0. The van der Waals surface area contributed by atoms with Crippen molar-refractivity contribution < 1.29 is 79.9 Å². The largest absolute Gasteiger partial charge is 0.504 e. The maximum Gasteiger partial charge on any atom is 0.365 e. The second-order valence-corrected chi connectivity index (χ2v) is 14.6. The Labute approximate surface area is 366 Å². The molecule has 1 saturated heterocycles. The number of nitrogens with two attached hydrogens (primary N) is 1. The molecule has 4 rings (SSSR count). The SMILES string of the molecule is CCCCC(CC)CN.CCCCC(CC)CNC(=O)C(O)c1ccc(O)c(O)c1.O=C(O)C(O)c1ccc(O)c(O)c1.O=C(ON1C(=O)CCC1=O)C(O)c1ccc(O)c(O)c1. The summed E-state index contributed by atoms with van der Waals surface area (Å²) in [5, 5.41) is 95.0. The molecule has 13 N–H and O–H groups in total. The zero-order valence-electron chi connectivity index (χ0n) is 36.0. The highest BCUT2D eigenvalue weighted by molar-refractivity contribution is 6.01. The number of imide groups is 1. The van der Waals surface area contributed by atoms with Crippen molar-refractivity contribution in [1.29, 1.82) is 0 Å². The van der Waals surface area contributed by atoms with Gasteiger partial charge in [0.05, 0.1) is 0 Å². The number of aromatic hydroxyl groups is 6. The summed E-state index contributed by atoms with van der Waals surface area (Å²) in [4.78, 5) is 60.9. The van der Waals surface area contributed by atoms with Gasteiger partial charge in [-0.25, -0.2) is 9.59 Å². The number of rotatable bonds is 18. The van der Waals surface area contributed by atoms with Gasteiger partial charge in [-0.3, -0.25) is 14.4 Å². The van der Waals surface area contributed by atoms with E-state index in [9.17, 15) is 49.5 Å². The van der Waals surface area contributed by atoms with Crippen molar-refractivity contribution in [3.8, 4) is 34.5 Å². The fourth-order valence-corrected chi connectivity index (χ4v) is 5.63. The molecule has 63 heavy (non-hydrogen) atoms. The number of hydroxylamine groups is 2. The van der Waals surface area contributed by atoms with Crippen molar-refractivity contribution in [2.75, 3.05) is 13.1 Å². The Hall–Kier alpha value is -6.15. The number of unbranched alkanes of at least 4 members (excludes halogenated alkanes) is 2. The van der Waals surface area contributed by atoms with Crippen LogP contribution in [0.5, 0.6) is 34.5 Å². The van der Waals surface area contributed by atoms with Gasteiger partial charge in [0.2, 0.25) is 0 Å². The normalized spacial score (nSPS) is 14.3. The zero-order chi connectivity index (χ0) is 47.8. The molecule has 3 aromatic carbocycles. The maximum absolute atomic E-state index is 11.9. The molecule has 1 aliphatic rings. The molecule has 19 nitrogen and oxygen atoms in total. The van der Waals surface area contributed by atoms with Crippen molar-refractivity contribution in [2.24, 2.45) is 17.6 Å². The number of hydrogen-bond acceptors (Lipinski definition) is 16. The standard InChI is InChI=1S/C16H25NO4.C12H11NO7.C8H19N.C8H8O5/c1-3-5-6-11(4-2)10-17-16(21)15(20)12-7-8-13(18)14(19)9-12;14-7-2-1-6(5-8(7)15)11(18)12(19)20-13-9(16)3-4-10(13)17;1-3-5-6-8(4-2)7-9;9-5-2-1-4(3-6(5)10)7(11)8(12)13/h7-9,11,15,18-20H,3-6,10H2,1-2H3,(H,17,21);1-2,5,11,14-15,18H,3-4H2;8H,3-7,9H2,1-2H3;1-3,7,9-11H,(H,12,13). The van der Waals surface area contributed by atoms with E-state index in [-0.39, 0.29) is 46.8 Å². The van der Waals surface area contributed by atoms with Gasteiger partial charge in [-0.15, -0.1) is 5.06 Å². The number of benzene rings is 3. The van der Waals surface area contributed by atoms with Gasteiger partial charge >= 0.3 is 11.9 Å². The van der Waals surface area contributed by atoms with Crippen LogP contribution in [0.2, 0.25) is 0 Å². The molecule has 350 valence electrons. The second kappa shape index (κ2) is 28.5. The number of aliphatic hydroxyl groups is 3. The molecule has 0 radical (unpaired) electrons. The third kappa shape index (κ3) is 18.8. The van der Waals surface area contributed by atoms with Crippen molar-refractivity contribution in [2.45, 2.75) is 110 Å². The number of nitrogens with zero attached hydrogens (tertiary/aromatic N) is 1. The second-order valence-electron chi connectivity index (χ2n) is 14.6. The van der Waals surface area contributed by atoms with Crippen LogP contribution in [0, 0.1) is 11.8 Å². The highest BCUT2D eigenvalue weighted by Crippen LogP contribution is 2.30. The van der Waals surface area contributed by atoms with Gasteiger partial charge < -0.3 is 67.0 Å². The van der Waals surface area contributed by atoms with Crippen molar-refractivity contribution in [1.82, 2.24) is 10.4 Å².